The molecule has 0 saturated carbocycles. The Bertz CT molecular complexity index is 668. The van der Waals surface area contributed by atoms with Crippen LogP contribution in [0.15, 0.2) is 36.4 Å². The first-order valence-corrected chi connectivity index (χ1v) is 6.82. The average molecular weight is 287 g/mol. The Morgan fingerprint density at radius 3 is 2.52 bits per heavy atom. The van der Waals surface area contributed by atoms with Crippen LogP contribution in [0, 0.1) is 19.7 Å². The van der Waals surface area contributed by atoms with E-state index in [-0.39, 0.29) is 11.7 Å². The SMILES string of the molecule is CCOc1ccc(C(=O)Nc2ccc(F)cc2C)cc1C. The summed E-state index contributed by atoms with van der Waals surface area (Å²) >= 11 is 0. The minimum absolute atomic E-state index is 0.226. The number of carbonyl (C=O) groups excluding carboxylic acids is 1. The van der Waals surface area contributed by atoms with Crippen molar-refractivity contribution in [3.63, 3.8) is 0 Å². The van der Waals surface area contributed by atoms with E-state index in [9.17, 15) is 9.18 Å². The molecule has 4 heteroatoms. The molecule has 2 rings (SSSR count). The van der Waals surface area contributed by atoms with Crippen LogP contribution in [0.4, 0.5) is 10.1 Å². The van der Waals surface area contributed by atoms with Crippen LogP contribution in [0.1, 0.15) is 28.4 Å². The van der Waals surface area contributed by atoms with Gasteiger partial charge >= 0.3 is 0 Å². The zero-order chi connectivity index (χ0) is 15.4. The zero-order valence-electron chi connectivity index (χ0n) is 12.4. The Hall–Kier alpha value is -2.36. The Kier molecular flexibility index (Phi) is 4.58. The topological polar surface area (TPSA) is 38.3 Å². The molecule has 2 aromatic carbocycles. The average Bonchev–Trinajstić information content (AvgIpc) is 2.44. The van der Waals surface area contributed by atoms with Crippen LogP contribution < -0.4 is 10.1 Å². The minimum Gasteiger partial charge on any atom is -0.494 e. The van der Waals surface area contributed by atoms with Gasteiger partial charge in [0.2, 0.25) is 0 Å². The lowest BCUT2D eigenvalue weighted by molar-refractivity contribution is 0.102. The molecule has 1 amide bonds. The molecule has 0 fully saturated rings. The maximum absolute atomic E-state index is 13.1. The number of nitrogens with one attached hydrogen (secondary N) is 1. The number of halogens is 1. The number of carbonyl (C=O) groups is 1. The molecule has 0 unspecified atom stereocenters. The number of amides is 1. The molecule has 0 aliphatic carbocycles. The molecule has 2 aromatic rings. The maximum atomic E-state index is 13.1. The van der Waals surface area contributed by atoms with Crippen molar-refractivity contribution in [2.75, 3.05) is 11.9 Å². The maximum Gasteiger partial charge on any atom is 0.255 e. The highest BCUT2D eigenvalue weighted by Gasteiger charge is 2.10. The molecule has 0 atom stereocenters. The van der Waals surface area contributed by atoms with Crippen molar-refractivity contribution in [1.29, 1.82) is 0 Å². The van der Waals surface area contributed by atoms with Gasteiger partial charge in [-0.3, -0.25) is 4.79 Å². The van der Waals surface area contributed by atoms with E-state index in [0.717, 1.165) is 11.3 Å². The predicted molar refractivity (Wildman–Crippen MR) is 81.4 cm³/mol. The molecule has 0 radical (unpaired) electrons. The van der Waals surface area contributed by atoms with E-state index in [1.165, 1.54) is 12.1 Å². The van der Waals surface area contributed by atoms with E-state index in [4.69, 9.17) is 4.74 Å². The normalized spacial score (nSPS) is 10.3. The summed E-state index contributed by atoms with van der Waals surface area (Å²) in [5, 5.41) is 2.79. The first-order valence-electron chi connectivity index (χ1n) is 6.82. The monoisotopic (exact) mass is 287 g/mol. The number of rotatable bonds is 4. The molecule has 0 bridgehead atoms. The van der Waals surface area contributed by atoms with Crippen molar-refractivity contribution in [3.05, 3.63) is 58.9 Å². The Morgan fingerprint density at radius 1 is 1.14 bits per heavy atom. The van der Waals surface area contributed by atoms with Crippen molar-refractivity contribution in [3.8, 4) is 5.75 Å². The fourth-order valence-corrected chi connectivity index (χ4v) is 2.07. The molecular formula is C17H18FNO2. The van der Waals surface area contributed by atoms with Crippen LogP contribution in [-0.2, 0) is 0 Å². The standard InChI is InChI=1S/C17H18FNO2/c1-4-21-16-8-5-13(9-12(16)3)17(20)19-15-7-6-14(18)10-11(15)2/h5-10H,4H2,1-3H3,(H,19,20). The first kappa shape index (κ1) is 15.0. The minimum atomic E-state index is -0.317. The van der Waals surface area contributed by atoms with Gasteiger partial charge in [0.05, 0.1) is 6.61 Å². The highest BCUT2D eigenvalue weighted by atomic mass is 19.1. The van der Waals surface area contributed by atoms with Crippen LogP contribution in [0.5, 0.6) is 5.75 Å². The van der Waals surface area contributed by atoms with Gasteiger partial charge in [-0.05, 0) is 68.3 Å². The summed E-state index contributed by atoms with van der Waals surface area (Å²) in [4.78, 5) is 12.2. The molecule has 1 N–H and O–H groups in total. The third kappa shape index (κ3) is 3.60. The summed E-state index contributed by atoms with van der Waals surface area (Å²) in [6, 6.07) is 9.55. The number of hydrogen-bond acceptors (Lipinski definition) is 2. The second-order valence-electron chi connectivity index (χ2n) is 4.83. The Labute approximate surface area is 123 Å². The van der Waals surface area contributed by atoms with E-state index >= 15 is 0 Å². The Morgan fingerprint density at radius 2 is 1.90 bits per heavy atom. The number of aryl methyl sites for hydroxylation is 2. The van der Waals surface area contributed by atoms with Gasteiger partial charge in [-0.25, -0.2) is 4.39 Å². The molecule has 0 aliphatic heterocycles. The third-order valence-electron chi connectivity index (χ3n) is 3.17. The van der Waals surface area contributed by atoms with E-state index in [1.54, 1.807) is 31.2 Å². The molecule has 0 saturated heterocycles. The smallest absolute Gasteiger partial charge is 0.255 e. The fourth-order valence-electron chi connectivity index (χ4n) is 2.07. The fraction of sp³-hybridized carbons (Fsp3) is 0.235. The van der Waals surface area contributed by atoms with Crippen LogP contribution in [0.2, 0.25) is 0 Å². The van der Waals surface area contributed by atoms with Crippen molar-refractivity contribution in [2.45, 2.75) is 20.8 Å². The van der Waals surface area contributed by atoms with Crippen molar-refractivity contribution < 1.29 is 13.9 Å². The van der Waals surface area contributed by atoms with E-state index in [2.05, 4.69) is 5.32 Å². The predicted octanol–water partition coefficient (Wildman–Crippen LogP) is 4.09. The van der Waals surface area contributed by atoms with Crippen LogP contribution >= 0.6 is 0 Å². The summed E-state index contributed by atoms with van der Waals surface area (Å²) in [6.45, 7) is 6.14. The zero-order valence-corrected chi connectivity index (χ0v) is 12.4. The van der Waals surface area contributed by atoms with Crippen LogP contribution in [0.25, 0.3) is 0 Å². The van der Waals surface area contributed by atoms with Gasteiger partial charge in [-0.2, -0.15) is 0 Å². The number of benzene rings is 2. The highest BCUT2D eigenvalue weighted by molar-refractivity contribution is 6.04. The van der Waals surface area contributed by atoms with Gasteiger partial charge in [0, 0.05) is 11.3 Å². The second-order valence-corrected chi connectivity index (χ2v) is 4.83. The van der Waals surface area contributed by atoms with Gasteiger partial charge in [-0.15, -0.1) is 0 Å². The molecular weight excluding hydrogens is 269 g/mol. The number of hydrogen-bond donors (Lipinski definition) is 1. The van der Waals surface area contributed by atoms with Crippen molar-refractivity contribution in [2.24, 2.45) is 0 Å². The van der Waals surface area contributed by atoms with E-state index in [0.29, 0.717) is 23.4 Å². The summed E-state index contributed by atoms with van der Waals surface area (Å²) in [5.41, 5.74) is 2.74. The lowest BCUT2D eigenvalue weighted by atomic mass is 10.1. The molecule has 0 aliphatic rings. The molecule has 110 valence electrons. The summed E-state index contributed by atoms with van der Waals surface area (Å²) in [5.74, 6) is 0.227. The van der Waals surface area contributed by atoms with Crippen LogP contribution in [0.3, 0.4) is 0 Å². The number of ether oxygens (including phenoxy) is 1. The molecule has 0 spiro atoms. The quantitative estimate of drug-likeness (QED) is 0.919. The Balaban J connectivity index is 2.18. The van der Waals surface area contributed by atoms with Gasteiger partial charge in [0.1, 0.15) is 11.6 Å². The molecule has 0 heterocycles. The van der Waals surface area contributed by atoms with Crippen molar-refractivity contribution >= 4 is 11.6 Å². The summed E-state index contributed by atoms with van der Waals surface area (Å²) < 4.78 is 18.5. The summed E-state index contributed by atoms with van der Waals surface area (Å²) in [7, 11) is 0. The number of anilines is 1. The van der Waals surface area contributed by atoms with E-state index < -0.39 is 0 Å². The molecule has 21 heavy (non-hydrogen) atoms. The lowest BCUT2D eigenvalue weighted by Crippen LogP contribution is -2.13. The third-order valence-corrected chi connectivity index (χ3v) is 3.17. The molecule has 3 nitrogen and oxygen atoms in total. The van der Waals surface area contributed by atoms with Crippen LogP contribution in [-0.4, -0.2) is 12.5 Å². The van der Waals surface area contributed by atoms with Gasteiger partial charge in [-0.1, -0.05) is 0 Å². The lowest BCUT2D eigenvalue weighted by Gasteiger charge is -2.11. The van der Waals surface area contributed by atoms with Crippen molar-refractivity contribution in [1.82, 2.24) is 0 Å². The largest absolute Gasteiger partial charge is 0.494 e. The van der Waals surface area contributed by atoms with Gasteiger partial charge in [0.15, 0.2) is 0 Å². The van der Waals surface area contributed by atoms with E-state index in [1.807, 2.05) is 13.8 Å². The molecule has 0 aromatic heterocycles. The highest BCUT2D eigenvalue weighted by Crippen LogP contribution is 2.21. The first-order chi connectivity index (χ1) is 10.0. The van der Waals surface area contributed by atoms with Gasteiger partial charge in [0.25, 0.3) is 5.91 Å². The summed E-state index contributed by atoms with van der Waals surface area (Å²) in [6.07, 6.45) is 0. The van der Waals surface area contributed by atoms with Gasteiger partial charge < -0.3 is 10.1 Å². The second kappa shape index (κ2) is 6.39.